The molecule has 2 heterocycles. The third-order valence-corrected chi connectivity index (χ3v) is 3.46. The molecule has 0 aromatic carbocycles. The quantitative estimate of drug-likeness (QED) is 0.888. The zero-order valence-electron chi connectivity index (χ0n) is 10.1. The molecule has 0 saturated carbocycles. The molecule has 1 saturated heterocycles. The molecular weight excluding hydrogens is 320 g/mol. The van der Waals surface area contributed by atoms with Gasteiger partial charge in [0, 0.05) is 6.54 Å². The first-order valence-electron chi connectivity index (χ1n) is 6.00. The van der Waals surface area contributed by atoms with Gasteiger partial charge < -0.3 is 15.1 Å². The summed E-state index contributed by atoms with van der Waals surface area (Å²) in [5.41, 5.74) is 0. The monoisotopic (exact) mass is 336 g/mol. The number of nitrogens with one attached hydrogen (secondary N) is 2. The van der Waals surface area contributed by atoms with Crippen LogP contribution < -0.4 is 10.6 Å². The normalized spacial score (nSPS) is 19.1. The molecule has 6 heteroatoms. The fraction of sp³-hybridized carbons (Fsp3) is 0.583. The number of amides is 1. The van der Waals surface area contributed by atoms with Crippen LogP contribution >= 0.6 is 28.3 Å². The van der Waals surface area contributed by atoms with E-state index in [4.69, 9.17) is 4.42 Å². The largest absolute Gasteiger partial charge is 0.444 e. The molecule has 0 spiro atoms. The molecule has 1 atom stereocenters. The number of carbonyl (C=O) groups is 1. The van der Waals surface area contributed by atoms with Crippen LogP contribution in [0.1, 0.15) is 29.8 Å². The topological polar surface area (TPSA) is 54.3 Å². The van der Waals surface area contributed by atoms with Gasteiger partial charge in [0.1, 0.15) is 0 Å². The minimum atomic E-state index is -0.139. The Hall–Kier alpha value is -0.520. The maximum absolute atomic E-state index is 11.7. The summed E-state index contributed by atoms with van der Waals surface area (Å²) in [6.07, 6.45) is 3.53. The third kappa shape index (κ3) is 4.63. The molecule has 0 aliphatic carbocycles. The van der Waals surface area contributed by atoms with Gasteiger partial charge in [-0.25, -0.2) is 0 Å². The van der Waals surface area contributed by atoms with Crippen molar-refractivity contribution in [3.05, 3.63) is 22.6 Å². The van der Waals surface area contributed by atoms with Crippen LogP contribution in [0.15, 0.2) is 21.2 Å². The van der Waals surface area contributed by atoms with E-state index in [0.29, 0.717) is 22.9 Å². The second-order valence-electron chi connectivity index (χ2n) is 4.36. The number of piperidine rings is 1. The van der Waals surface area contributed by atoms with Crippen molar-refractivity contribution in [3.8, 4) is 0 Å². The summed E-state index contributed by atoms with van der Waals surface area (Å²) in [5, 5.41) is 6.25. The number of halogens is 2. The highest BCUT2D eigenvalue weighted by Crippen LogP contribution is 2.15. The van der Waals surface area contributed by atoms with Crippen molar-refractivity contribution in [1.82, 2.24) is 10.6 Å². The Morgan fingerprint density at radius 1 is 1.56 bits per heavy atom. The highest BCUT2D eigenvalue weighted by atomic mass is 79.9. The molecule has 1 amide bonds. The van der Waals surface area contributed by atoms with E-state index in [2.05, 4.69) is 26.6 Å². The molecule has 102 valence electrons. The van der Waals surface area contributed by atoms with Crippen LogP contribution in [0, 0.1) is 5.92 Å². The molecule has 1 aromatic heterocycles. The van der Waals surface area contributed by atoms with Gasteiger partial charge in [-0.2, -0.15) is 0 Å². The lowest BCUT2D eigenvalue weighted by atomic mass is 9.96. The first-order chi connectivity index (χ1) is 8.25. The van der Waals surface area contributed by atoms with E-state index < -0.39 is 0 Å². The maximum Gasteiger partial charge on any atom is 0.287 e. The summed E-state index contributed by atoms with van der Waals surface area (Å²) >= 11 is 3.18. The predicted molar refractivity (Wildman–Crippen MR) is 76.2 cm³/mol. The van der Waals surface area contributed by atoms with Gasteiger partial charge >= 0.3 is 0 Å². The molecular formula is C12H18BrClN2O2. The van der Waals surface area contributed by atoms with Crippen molar-refractivity contribution in [3.63, 3.8) is 0 Å². The lowest BCUT2D eigenvalue weighted by Gasteiger charge is -2.22. The maximum atomic E-state index is 11.7. The zero-order chi connectivity index (χ0) is 12.1. The van der Waals surface area contributed by atoms with Crippen LogP contribution in [-0.4, -0.2) is 25.5 Å². The van der Waals surface area contributed by atoms with E-state index in [1.54, 1.807) is 12.1 Å². The van der Waals surface area contributed by atoms with Gasteiger partial charge in [0.25, 0.3) is 5.91 Å². The summed E-state index contributed by atoms with van der Waals surface area (Å²) in [5.74, 6) is 0.908. The van der Waals surface area contributed by atoms with Crippen LogP contribution in [0.2, 0.25) is 0 Å². The van der Waals surface area contributed by atoms with Crippen LogP contribution in [0.4, 0.5) is 0 Å². The average Bonchev–Trinajstić information content (AvgIpc) is 2.77. The van der Waals surface area contributed by atoms with Crippen molar-refractivity contribution in [1.29, 1.82) is 0 Å². The number of rotatable bonds is 4. The van der Waals surface area contributed by atoms with Crippen molar-refractivity contribution >= 4 is 34.2 Å². The van der Waals surface area contributed by atoms with Gasteiger partial charge in [0.15, 0.2) is 10.4 Å². The summed E-state index contributed by atoms with van der Waals surface area (Å²) in [7, 11) is 0. The second-order valence-corrected chi connectivity index (χ2v) is 5.14. The number of hydrogen-bond donors (Lipinski definition) is 2. The fourth-order valence-corrected chi connectivity index (χ4v) is 2.39. The van der Waals surface area contributed by atoms with Crippen molar-refractivity contribution in [2.75, 3.05) is 19.6 Å². The summed E-state index contributed by atoms with van der Waals surface area (Å²) in [6.45, 7) is 2.91. The minimum Gasteiger partial charge on any atom is -0.444 e. The lowest BCUT2D eigenvalue weighted by Crippen LogP contribution is -2.33. The average molecular weight is 338 g/mol. The molecule has 2 N–H and O–H groups in total. The lowest BCUT2D eigenvalue weighted by molar-refractivity contribution is 0.0921. The van der Waals surface area contributed by atoms with Crippen molar-refractivity contribution in [2.24, 2.45) is 5.92 Å². The summed E-state index contributed by atoms with van der Waals surface area (Å²) in [6, 6.07) is 3.39. The summed E-state index contributed by atoms with van der Waals surface area (Å²) < 4.78 is 5.76. The molecule has 18 heavy (non-hydrogen) atoms. The highest BCUT2D eigenvalue weighted by molar-refractivity contribution is 9.10. The van der Waals surface area contributed by atoms with Gasteiger partial charge in [-0.15, -0.1) is 12.4 Å². The van der Waals surface area contributed by atoms with Gasteiger partial charge in [-0.05, 0) is 66.3 Å². The molecule has 2 rings (SSSR count). The predicted octanol–water partition coefficient (Wildman–Crippen LogP) is 2.58. The fourth-order valence-electron chi connectivity index (χ4n) is 2.08. The first-order valence-corrected chi connectivity index (χ1v) is 6.79. The van der Waals surface area contributed by atoms with Crippen LogP contribution in [-0.2, 0) is 0 Å². The van der Waals surface area contributed by atoms with Crippen LogP contribution in [0.25, 0.3) is 0 Å². The standard InChI is InChI=1S/C12H17BrN2O2.ClH/c13-11-4-3-10(17-11)12(16)15-7-5-9-2-1-6-14-8-9;/h3-4,9,14H,1-2,5-8H2,(H,15,16);1H. The Balaban J connectivity index is 0.00000162. The van der Waals surface area contributed by atoms with E-state index in [1.807, 2.05) is 0 Å². The summed E-state index contributed by atoms with van der Waals surface area (Å²) in [4.78, 5) is 11.7. The van der Waals surface area contributed by atoms with E-state index in [9.17, 15) is 4.79 Å². The van der Waals surface area contributed by atoms with Crippen LogP contribution in [0.3, 0.4) is 0 Å². The Kier molecular flexibility index (Phi) is 6.75. The Morgan fingerprint density at radius 3 is 3.00 bits per heavy atom. The number of hydrogen-bond acceptors (Lipinski definition) is 3. The van der Waals surface area contributed by atoms with Crippen molar-refractivity contribution < 1.29 is 9.21 Å². The zero-order valence-corrected chi connectivity index (χ0v) is 12.5. The molecule has 0 radical (unpaired) electrons. The highest BCUT2D eigenvalue weighted by Gasteiger charge is 2.14. The van der Waals surface area contributed by atoms with E-state index >= 15 is 0 Å². The van der Waals surface area contributed by atoms with Crippen molar-refractivity contribution in [2.45, 2.75) is 19.3 Å². The Morgan fingerprint density at radius 2 is 2.39 bits per heavy atom. The Labute approximate surface area is 121 Å². The van der Waals surface area contributed by atoms with Gasteiger partial charge in [-0.1, -0.05) is 0 Å². The van der Waals surface area contributed by atoms with Gasteiger partial charge in [-0.3, -0.25) is 4.79 Å². The number of carbonyl (C=O) groups excluding carboxylic acids is 1. The van der Waals surface area contributed by atoms with E-state index in [-0.39, 0.29) is 18.3 Å². The minimum absolute atomic E-state index is 0. The van der Waals surface area contributed by atoms with Gasteiger partial charge in [0.05, 0.1) is 0 Å². The second kappa shape index (κ2) is 7.81. The molecule has 1 aromatic rings. The van der Waals surface area contributed by atoms with E-state index in [0.717, 1.165) is 19.5 Å². The first kappa shape index (κ1) is 15.5. The van der Waals surface area contributed by atoms with Crippen LogP contribution in [0.5, 0.6) is 0 Å². The van der Waals surface area contributed by atoms with Gasteiger partial charge in [0.2, 0.25) is 0 Å². The molecule has 1 aliphatic rings. The molecule has 1 unspecified atom stereocenters. The Bertz CT molecular complexity index is 378. The molecule has 0 bridgehead atoms. The molecule has 4 nitrogen and oxygen atoms in total. The SMILES string of the molecule is Cl.O=C(NCCC1CCCNC1)c1ccc(Br)o1. The third-order valence-electron chi connectivity index (χ3n) is 3.03. The smallest absolute Gasteiger partial charge is 0.287 e. The number of furan rings is 1. The van der Waals surface area contributed by atoms with E-state index in [1.165, 1.54) is 12.8 Å². The molecule has 1 aliphatic heterocycles. The molecule has 1 fully saturated rings.